The topological polar surface area (TPSA) is 45.5 Å². The molecule has 1 heterocycles. The van der Waals surface area contributed by atoms with Crippen LogP contribution in [-0.4, -0.2) is 23.3 Å². The Labute approximate surface area is 195 Å². The van der Waals surface area contributed by atoms with Crippen LogP contribution < -0.4 is 14.2 Å². The van der Waals surface area contributed by atoms with E-state index >= 15 is 0 Å². The lowest BCUT2D eigenvalue weighted by Gasteiger charge is -2.15. The van der Waals surface area contributed by atoms with Crippen LogP contribution in [0.1, 0.15) is 22.5 Å². The van der Waals surface area contributed by atoms with Crippen molar-refractivity contribution in [1.29, 1.82) is 0 Å². The fourth-order valence-corrected chi connectivity index (χ4v) is 4.02. The minimum Gasteiger partial charge on any atom is -0.493 e. The fraction of sp³-hybridized carbons (Fsp3) is 0.250. The summed E-state index contributed by atoms with van der Waals surface area (Å²) < 4.78 is 20.0. The molecule has 0 radical (unpaired) electrons. The first-order valence-electron chi connectivity index (χ1n) is 11.1. The second kappa shape index (κ2) is 10.3. The van der Waals surface area contributed by atoms with Gasteiger partial charge in [-0.3, -0.25) is 0 Å². The molecule has 0 N–H and O–H groups in total. The minimum atomic E-state index is 0.329. The molecule has 3 aromatic carbocycles. The molecule has 0 amide bonds. The highest BCUT2D eigenvalue weighted by molar-refractivity contribution is 5.75. The number of para-hydroxylation sites is 3. The average molecular weight is 443 g/mol. The lowest BCUT2D eigenvalue weighted by molar-refractivity contribution is 0.261. The summed E-state index contributed by atoms with van der Waals surface area (Å²) in [7, 11) is 1.65. The van der Waals surface area contributed by atoms with Gasteiger partial charge in [0.25, 0.3) is 0 Å². The summed E-state index contributed by atoms with van der Waals surface area (Å²) >= 11 is 0. The van der Waals surface area contributed by atoms with E-state index < -0.39 is 0 Å². The number of aromatic nitrogens is 2. The molecule has 0 saturated heterocycles. The molecule has 0 atom stereocenters. The number of rotatable bonds is 10. The van der Waals surface area contributed by atoms with Gasteiger partial charge >= 0.3 is 0 Å². The molecule has 0 bridgehead atoms. The molecule has 0 aliphatic rings. The van der Waals surface area contributed by atoms with Crippen molar-refractivity contribution in [3.05, 3.63) is 95.8 Å². The van der Waals surface area contributed by atoms with E-state index in [0.29, 0.717) is 31.3 Å². The number of allylic oxidation sites excluding steroid dienone is 1. The Bertz CT molecular complexity index is 1240. The van der Waals surface area contributed by atoms with Crippen LogP contribution in [0.25, 0.3) is 11.0 Å². The number of benzene rings is 3. The Kier molecular flexibility index (Phi) is 6.98. The number of aryl methyl sites for hydroxylation is 2. The SMILES string of the molecule is C=CCc1ccc(OCc2nc3ccccc3n2CCOc2c(C)cccc2C)c(OC)c1. The van der Waals surface area contributed by atoms with Crippen LogP contribution in [-0.2, 0) is 19.6 Å². The van der Waals surface area contributed by atoms with Gasteiger partial charge in [-0.1, -0.05) is 42.5 Å². The summed E-state index contributed by atoms with van der Waals surface area (Å²) in [6.45, 7) is 9.48. The molecule has 170 valence electrons. The molecule has 0 aliphatic carbocycles. The molecule has 4 aromatic rings. The van der Waals surface area contributed by atoms with Crippen molar-refractivity contribution in [2.45, 2.75) is 33.4 Å². The maximum Gasteiger partial charge on any atom is 0.161 e. The Morgan fingerprint density at radius 2 is 1.73 bits per heavy atom. The van der Waals surface area contributed by atoms with Gasteiger partial charge in [-0.15, -0.1) is 6.58 Å². The molecule has 4 rings (SSSR count). The highest BCUT2D eigenvalue weighted by Crippen LogP contribution is 2.29. The van der Waals surface area contributed by atoms with E-state index in [2.05, 4.69) is 49.3 Å². The van der Waals surface area contributed by atoms with E-state index in [1.807, 2.05) is 42.5 Å². The third-order valence-electron chi connectivity index (χ3n) is 5.67. The fourth-order valence-electron chi connectivity index (χ4n) is 4.02. The first-order chi connectivity index (χ1) is 16.1. The van der Waals surface area contributed by atoms with Gasteiger partial charge in [-0.25, -0.2) is 4.98 Å². The molecule has 1 aromatic heterocycles. The predicted octanol–water partition coefficient (Wildman–Crippen LogP) is 6.05. The van der Waals surface area contributed by atoms with Gasteiger partial charge in [-0.2, -0.15) is 0 Å². The second-order valence-electron chi connectivity index (χ2n) is 8.00. The molecule has 5 heteroatoms. The minimum absolute atomic E-state index is 0.329. The van der Waals surface area contributed by atoms with Crippen molar-refractivity contribution in [2.24, 2.45) is 0 Å². The van der Waals surface area contributed by atoms with Crippen LogP contribution in [0.2, 0.25) is 0 Å². The first-order valence-corrected chi connectivity index (χ1v) is 11.1. The summed E-state index contributed by atoms with van der Waals surface area (Å²) in [4.78, 5) is 4.82. The van der Waals surface area contributed by atoms with E-state index in [1.54, 1.807) is 7.11 Å². The lowest BCUT2D eigenvalue weighted by Crippen LogP contribution is -2.13. The normalized spacial score (nSPS) is 10.9. The van der Waals surface area contributed by atoms with E-state index in [9.17, 15) is 0 Å². The van der Waals surface area contributed by atoms with Gasteiger partial charge in [0.1, 0.15) is 24.8 Å². The second-order valence-corrected chi connectivity index (χ2v) is 8.00. The van der Waals surface area contributed by atoms with Crippen LogP contribution in [0.5, 0.6) is 17.2 Å². The number of imidazole rings is 1. The van der Waals surface area contributed by atoms with Crippen LogP contribution in [0.3, 0.4) is 0 Å². The van der Waals surface area contributed by atoms with Crippen molar-refractivity contribution < 1.29 is 14.2 Å². The largest absolute Gasteiger partial charge is 0.493 e. The van der Waals surface area contributed by atoms with Crippen LogP contribution in [0.4, 0.5) is 0 Å². The quantitative estimate of drug-likeness (QED) is 0.281. The summed E-state index contributed by atoms with van der Waals surface area (Å²) in [5.74, 6) is 3.19. The predicted molar refractivity (Wildman–Crippen MR) is 132 cm³/mol. The molecule has 0 unspecified atom stereocenters. The van der Waals surface area contributed by atoms with E-state index in [1.165, 1.54) is 0 Å². The molecular formula is C28H30N2O3. The molecular weight excluding hydrogens is 412 g/mol. The molecule has 0 saturated carbocycles. The number of ether oxygens (including phenoxy) is 3. The molecule has 0 aliphatic heterocycles. The third-order valence-corrected chi connectivity index (χ3v) is 5.67. The molecule has 33 heavy (non-hydrogen) atoms. The summed E-state index contributed by atoms with van der Waals surface area (Å²) in [6, 6.07) is 20.3. The van der Waals surface area contributed by atoms with Crippen LogP contribution >= 0.6 is 0 Å². The zero-order valence-electron chi connectivity index (χ0n) is 19.5. The lowest BCUT2D eigenvalue weighted by atomic mass is 10.1. The highest BCUT2D eigenvalue weighted by Gasteiger charge is 2.13. The van der Waals surface area contributed by atoms with E-state index in [0.717, 1.165) is 45.7 Å². The third kappa shape index (κ3) is 5.03. The Morgan fingerprint density at radius 1 is 0.939 bits per heavy atom. The number of hydrogen-bond donors (Lipinski definition) is 0. The molecule has 5 nitrogen and oxygen atoms in total. The summed E-state index contributed by atoms with van der Waals surface area (Å²) in [5, 5.41) is 0. The van der Waals surface area contributed by atoms with E-state index in [-0.39, 0.29) is 0 Å². The monoisotopic (exact) mass is 442 g/mol. The number of nitrogens with zero attached hydrogens (tertiary/aromatic N) is 2. The van der Waals surface area contributed by atoms with Gasteiger partial charge in [0.2, 0.25) is 0 Å². The highest BCUT2D eigenvalue weighted by atomic mass is 16.5. The molecule has 0 spiro atoms. The zero-order valence-corrected chi connectivity index (χ0v) is 19.5. The van der Waals surface area contributed by atoms with Gasteiger partial charge in [0.15, 0.2) is 11.5 Å². The van der Waals surface area contributed by atoms with Crippen molar-refractivity contribution in [2.75, 3.05) is 13.7 Å². The van der Waals surface area contributed by atoms with Crippen molar-refractivity contribution in [1.82, 2.24) is 9.55 Å². The van der Waals surface area contributed by atoms with Gasteiger partial charge in [0, 0.05) is 0 Å². The smallest absolute Gasteiger partial charge is 0.161 e. The zero-order chi connectivity index (χ0) is 23.2. The van der Waals surface area contributed by atoms with E-state index in [4.69, 9.17) is 19.2 Å². The van der Waals surface area contributed by atoms with Crippen molar-refractivity contribution >= 4 is 11.0 Å². The average Bonchev–Trinajstić information content (AvgIpc) is 3.17. The van der Waals surface area contributed by atoms with Gasteiger partial charge in [0.05, 0.1) is 24.7 Å². The van der Waals surface area contributed by atoms with Crippen LogP contribution in [0, 0.1) is 13.8 Å². The van der Waals surface area contributed by atoms with Crippen LogP contribution in [0.15, 0.2) is 73.3 Å². The Balaban J connectivity index is 1.53. The molecule has 0 fully saturated rings. The summed E-state index contributed by atoms with van der Waals surface area (Å²) in [6.07, 6.45) is 2.66. The van der Waals surface area contributed by atoms with Crippen molar-refractivity contribution in [3.63, 3.8) is 0 Å². The number of hydrogen-bond acceptors (Lipinski definition) is 4. The maximum absolute atomic E-state index is 6.16. The van der Waals surface area contributed by atoms with Crippen molar-refractivity contribution in [3.8, 4) is 17.2 Å². The van der Waals surface area contributed by atoms with Gasteiger partial charge < -0.3 is 18.8 Å². The maximum atomic E-state index is 6.16. The number of fused-ring (bicyclic) bond motifs is 1. The standard InChI is InChI=1S/C28H30N2O3/c1-5-9-22-14-15-25(26(18-22)31-4)33-19-27-29-23-12-6-7-13-24(23)30(27)16-17-32-28-20(2)10-8-11-21(28)3/h5-8,10-15,18H,1,9,16-17,19H2,2-4H3. The number of methoxy groups -OCH3 is 1. The Hall–Kier alpha value is -3.73. The first kappa shape index (κ1) is 22.5. The summed E-state index contributed by atoms with van der Waals surface area (Å²) in [5.41, 5.74) is 5.41. The van der Waals surface area contributed by atoms with Gasteiger partial charge in [-0.05, 0) is 61.2 Å². The Morgan fingerprint density at radius 3 is 2.48 bits per heavy atom.